The number of carbonyl (C=O) groups is 3. The number of anilines is 1. The van der Waals surface area contributed by atoms with Gasteiger partial charge in [0.1, 0.15) is 17.5 Å². The van der Waals surface area contributed by atoms with Crippen molar-refractivity contribution in [1.29, 1.82) is 0 Å². The maximum atomic E-state index is 13.1. The molecule has 1 atom stereocenters. The Morgan fingerprint density at radius 2 is 1.54 bits per heavy atom. The highest BCUT2D eigenvalue weighted by molar-refractivity contribution is 6.05. The standard InChI is InChI=1S/C43H46N4O5/c1-2-37(30-8-4-3-5-9-30)41(31-10-15-35(48)16-11-31)32-12-17-36(18-13-32)52-27-7-6-22-45-23-25-46(26-24-45)34-14-19-38-33(28-34)29-47(43(38)51)39-20-21-40(49)44-42(39)50/h3-5,8-19,28,39,48H,2,6-7,20-27,29H2,1H3,(H,44,49,50)/b41-37-. The van der Waals surface area contributed by atoms with Gasteiger partial charge in [-0.05, 0) is 108 Å². The Morgan fingerprint density at radius 3 is 2.23 bits per heavy atom. The summed E-state index contributed by atoms with van der Waals surface area (Å²) in [6, 6.07) is 31.7. The molecule has 0 aromatic heterocycles. The number of benzene rings is 4. The summed E-state index contributed by atoms with van der Waals surface area (Å²) in [5.74, 6) is 0.319. The summed E-state index contributed by atoms with van der Waals surface area (Å²) in [4.78, 5) is 43.5. The number of phenolic OH excluding ortho intramolecular Hbond substituents is 1. The number of aromatic hydroxyl groups is 1. The van der Waals surface area contributed by atoms with E-state index in [1.54, 1.807) is 17.0 Å². The lowest BCUT2D eigenvalue weighted by atomic mass is 9.88. The minimum atomic E-state index is -0.595. The number of hydrogen-bond acceptors (Lipinski definition) is 7. The van der Waals surface area contributed by atoms with E-state index in [0.29, 0.717) is 25.1 Å². The Balaban J connectivity index is 0.878. The molecule has 0 aliphatic carbocycles. The quantitative estimate of drug-likeness (QED) is 0.0990. The highest BCUT2D eigenvalue weighted by Gasteiger charge is 2.39. The van der Waals surface area contributed by atoms with Gasteiger partial charge in [0.15, 0.2) is 0 Å². The molecule has 4 aromatic carbocycles. The first-order valence-electron chi connectivity index (χ1n) is 18.4. The van der Waals surface area contributed by atoms with Crippen LogP contribution in [0.2, 0.25) is 0 Å². The molecule has 4 aromatic rings. The minimum absolute atomic E-state index is 0.136. The fourth-order valence-corrected chi connectivity index (χ4v) is 7.64. The smallest absolute Gasteiger partial charge is 0.255 e. The highest BCUT2D eigenvalue weighted by Crippen LogP contribution is 2.36. The van der Waals surface area contributed by atoms with Crippen molar-refractivity contribution in [2.24, 2.45) is 0 Å². The van der Waals surface area contributed by atoms with E-state index in [4.69, 9.17) is 4.74 Å². The van der Waals surface area contributed by atoms with Crippen molar-refractivity contribution in [2.45, 2.75) is 51.6 Å². The average Bonchev–Trinajstić information content (AvgIpc) is 3.50. The number of unbranched alkanes of at least 4 members (excludes halogenated alkanes) is 1. The van der Waals surface area contributed by atoms with Crippen molar-refractivity contribution in [2.75, 3.05) is 44.2 Å². The molecule has 2 saturated heterocycles. The molecule has 0 spiro atoms. The van der Waals surface area contributed by atoms with Gasteiger partial charge in [0.2, 0.25) is 11.8 Å². The third-order valence-electron chi connectivity index (χ3n) is 10.5. The number of nitrogens with one attached hydrogen (secondary N) is 1. The number of nitrogens with zero attached hydrogens (tertiary/aromatic N) is 3. The first-order valence-corrected chi connectivity index (χ1v) is 18.4. The molecule has 1 unspecified atom stereocenters. The van der Waals surface area contributed by atoms with Gasteiger partial charge in [0.25, 0.3) is 5.91 Å². The zero-order valence-corrected chi connectivity index (χ0v) is 29.7. The molecule has 9 nitrogen and oxygen atoms in total. The van der Waals surface area contributed by atoms with Crippen molar-refractivity contribution < 1.29 is 24.2 Å². The molecule has 9 heteroatoms. The summed E-state index contributed by atoms with van der Waals surface area (Å²) in [5, 5.41) is 12.3. The lowest BCUT2D eigenvalue weighted by molar-refractivity contribution is -0.136. The number of rotatable bonds is 12. The van der Waals surface area contributed by atoms with Crippen molar-refractivity contribution in [3.63, 3.8) is 0 Å². The second-order valence-electron chi connectivity index (χ2n) is 13.8. The lowest BCUT2D eigenvalue weighted by Gasteiger charge is -2.36. The molecule has 268 valence electrons. The third-order valence-corrected chi connectivity index (χ3v) is 10.5. The second kappa shape index (κ2) is 15.9. The first kappa shape index (κ1) is 35.0. The predicted octanol–water partition coefficient (Wildman–Crippen LogP) is 6.50. The van der Waals surface area contributed by atoms with Gasteiger partial charge >= 0.3 is 0 Å². The monoisotopic (exact) mass is 698 g/mol. The molecule has 7 rings (SSSR count). The number of amides is 3. The molecule has 52 heavy (non-hydrogen) atoms. The van der Waals surface area contributed by atoms with Crippen LogP contribution in [0.5, 0.6) is 11.5 Å². The zero-order valence-electron chi connectivity index (χ0n) is 29.7. The summed E-state index contributed by atoms with van der Waals surface area (Å²) in [6.07, 6.45) is 3.52. The average molecular weight is 699 g/mol. The van der Waals surface area contributed by atoms with Crippen molar-refractivity contribution >= 4 is 34.6 Å². The molecule has 3 aliphatic rings. The number of phenols is 1. The van der Waals surface area contributed by atoms with Crippen LogP contribution in [0.15, 0.2) is 97.1 Å². The summed E-state index contributed by atoms with van der Waals surface area (Å²) >= 11 is 0. The van der Waals surface area contributed by atoms with Gasteiger partial charge < -0.3 is 19.6 Å². The van der Waals surface area contributed by atoms with Gasteiger partial charge in [-0.3, -0.25) is 24.6 Å². The molecule has 2 N–H and O–H groups in total. The number of piperidine rings is 1. The van der Waals surface area contributed by atoms with E-state index in [1.807, 2.05) is 30.3 Å². The fourth-order valence-electron chi connectivity index (χ4n) is 7.64. The normalized spacial score (nSPS) is 18.2. The Bertz CT molecular complexity index is 1930. The Morgan fingerprint density at radius 1 is 0.827 bits per heavy atom. The number of imide groups is 1. The highest BCUT2D eigenvalue weighted by atomic mass is 16.5. The molecular weight excluding hydrogens is 652 g/mol. The maximum absolute atomic E-state index is 13.1. The lowest BCUT2D eigenvalue weighted by Crippen LogP contribution is -2.52. The summed E-state index contributed by atoms with van der Waals surface area (Å²) < 4.78 is 6.16. The van der Waals surface area contributed by atoms with E-state index >= 15 is 0 Å². The fraction of sp³-hybridized carbons (Fsp3) is 0.326. The SMILES string of the molecule is CC/C(=C(\c1ccc(O)cc1)c1ccc(OCCCCN2CCN(c3ccc4c(c3)CN(C3CCC(=O)NC3=O)C4=O)CC2)cc1)c1ccccc1. The first-order chi connectivity index (χ1) is 25.4. The largest absolute Gasteiger partial charge is 0.508 e. The predicted molar refractivity (Wildman–Crippen MR) is 203 cm³/mol. The maximum Gasteiger partial charge on any atom is 0.255 e. The number of fused-ring (bicyclic) bond motifs is 1. The van der Waals surface area contributed by atoms with Gasteiger partial charge in [0, 0.05) is 50.4 Å². The van der Waals surface area contributed by atoms with E-state index < -0.39 is 6.04 Å². The van der Waals surface area contributed by atoms with Crippen LogP contribution in [0.25, 0.3) is 11.1 Å². The molecule has 3 amide bonds. The van der Waals surface area contributed by atoms with E-state index in [0.717, 1.165) is 85.7 Å². The second-order valence-corrected chi connectivity index (χ2v) is 13.8. The summed E-state index contributed by atoms with van der Waals surface area (Å²) in [6.45, 7) is 8.03. The summed E-state index contributed by atoms with van der Waals surface area (Å²) in [7, 11) is 0. The van der Waals surface area contributed by atoms with Crippen molar-refractivity contribution in [3.8, 4) is 11.5 Å². The van der Waals surface area contributed by atoms with E-state index in [9.17, 15) is 19.5 Å². The molecule has 0 saturated carbocycles. The van der Waals surface area contributed by atoms with Crippen LogP contribution in [0.4, 0.5) is 5.69 Å². The Labute approximate surface area is 305 Å². The van der Waals surface area contributed by atoms with Crippen LogP contribution >= 0.6 is 0 Å². The van der Waals surface area contributed by atoms with Crippen LogP contribution in [0.3, 0.4) is 0 Å². The van der Waals surface area contributed by atoms with Gasteiger partial charge in [-0.15, -0.1) is 0 Å². The number of allylic oxidation sites excluding steroid dienone is 1. The van der Waals surface area contributed by atoms with E-state index in [1.165, 1.54) is 11.1 Å². The number of hydrogen-bond donors (Lipinski definition) is 2. The van der Waals surface area contributed by atoms with E-state index in [-0.39, 0.29) is 29.9 Å². The van der Waals surface area contributed by atoms with Crippen molar-refractivity contribution in [3.05, 3.63) is 125 Å². The Kier molecular flexibility index (Phi) is 10.7. The van der Waals surface area contributed by atoms with Gasteiger partial charge in [-0.25, -0.2) is 0 Å². The number of carbonyl (C=O) groups excluding carboxylic acids is 3. The Hall–Kier alpha value is -5.41. The third kappa shape index (κ3) is 7.75. The summed E-state index contributed by atoms with van der Waals surface area (Å²) in [5.41, 5.74) is 8.47. The van der Waals surface area contributed by atoms with Crippen LogP contribution in [-0.4, -0.2) is 78.0 Å². The molecule has 0 bridgehead atoms. The van der Waals surface area contributed by atoms with Gasteiger partial charge in [0.05, 0.1) is 6.61 Å². The zero-order chi connectivity index (χ0) is 36.0. The molecule has 0 radical (unpaired) electrons. The van der Waals surface area contributed by atoms with Crippen LogP contribution in [0.1, 0.15) is 71.6 Å². The molecule has 3 heterocycles. The minimum Gasteiger partial charge on any atom is -0.508 e. The van der Waals surface area contributed by atoms with Crippen LogP contribution < -0.4 is 15.0 Å². The number of ether oxygens (including phenoxy) is 1. The van der Waals surface area contributed by atoms with Crippen LogP contribution in [-0.2, 0) is 16.1 Å². The van der Waals surface area contributed by atoms with Crippen molar-refractivity contribution in [1.82, 2.24) is 15.1 Å². The van der Waals surface area contributed by atoms with Gasteiger partial charge in [-0.1, -0.05) is 61.5 Å². The van der Waals surface area contributed by atoms with Gasteiger partial charge in [-0.2, -0.15) is 0 Å². The topological polar surface area (TPSA) is 102 Å². The van der Waals surface area contributed by atoms with Crippen LogP contribution in [0, 0.1) is 0 Å². The molecule has 2 fully saturated rings. The molecular formula is C43H46N4O5. The van der Waals surface area contributed by atoms with E-state index in [2.05, 4.69) is 76.6 Å². The molecule has 3 aliphatic heterocycles. The number of piperazine rings is 1.